The van der Waals surface area contributed by atoms with Crippen LogP contribution in [-0.4, -0.2) is 42.1 Å². The first-order valence-corrected chi connectivity index (χ1v) is 9.47. The lowest BCUT2D eigenvalue weighted by Gasteiger charge is -2.26. The van der Waals surface area contributed by atoms with Crippen LogP contribution in [0.1, 0.15) is 22.5 Å². The molecule has 3 rings (SSSR count). The van der Waals surface area contributed by atoms with E-state index in [0.717, 1.165) is 40.5 Å². The average molecular weight is 366 g/mol. The number of nitriles is 1. The van der Waals surface area contributed by atoms with Gasteiger partial charge >= 0.3 is 0 Å². The van der Waals surface area contributed by atoms with Gasteiger partial charge in [0.25, 0.3) is 0 Å². The van der Waals surface area contributed by atoms with Gasteiger partial charge < -0.3 is 9.80 Å². The van der Waals surface area contributed by atoms with E-state index >= 15 is 0 Å². The third-order valence-electron chi connectivity index (χ3n) is 4.26. The van der Waals surface area contributed by atoms with Crippen molar-refractivity contribution in [2.45, 2.75) is 20.4 Å². The Bertz CT molecular complexity index is 954. The van der Waals surface area contributed by atoms with Crippen LogP contribution in [0.2, 0.25) is 0 Å². The molecule has 0 aliphatic carbocycles. The molecule has 0 bridgehead atoms. The van der Waals surface area contributed by atoms with Gasteiger partial charge in [-0.1, -0.05) is 12.1 Å². The van der Waals surface area contributed by atoms with Crippen LogP contribution < -0.4 is 4.90 Å². The van der Waals surface area contributed by atoms with E-state index in [2.05, 4.69) is 53.3 Å². The van der Waals surface area contributed by atoms with Gasteiger partial charge in [0.1, 0.15) is 16.5 Å². The van der Waals surface area contributed by atoms with Crippen LogP contribution >= 0.6 is 11.3 Å². The maximum atomic E-state index is 9.19. The minimum absolute atomic E-state index is 0.686. The number of thiophene rings is 1. The Morgan fingerprint density at radius 3 is 2.69 bits per heavy atom. The van der Waals surface area contributed by atoms with Crippen molar-refractivity contribution in [2.75, 3.05) is 32.1 Å². The molecule has 3 aromatic rings. The molecule has 0 spiro atoms. The first-order valence-electron chi connectivity index (χ1n) is 8.59. The molecule has 0 fully saturated rings. The number of nitrogens with zero attached hydrogens (tertiary/aromatic N) is 5. The highest BCUT2D eigenvalue weighted by atomic mass is 32.1. The number of fused-ring (bicyclic) bond motifs is 1. The molecule has 0 N–H and O–H groups in total. The SMILES string of the molecule is Cc1nc(N(CCN(C)C)Cc2cccc(C#N)c2)c2c(C)csc2n1. The maximum absolute atomic E-state index is 9.19. The molecular weight excluding hydrogens is 342 g/mol. The monoisotopic (exact) mass is 365 g/mol. The number of aryl methyl sites for hydroxylation is 2. The summed E-state index contributed by atoms with van der Waals surface area (Å²) in [5.74, 6) is 1.77. The van der Waals surface area contributed by atoms with Crippen molar-refractivity contribution >= 4 is 27.4 Å². The van der Waals surface area contributed by atoms with Crippen LogP contribution in [0.3, 0.4) is 0 Å². The van der Waals surface area contributed by atoms with Crippen molar-refractivity contribution in [3.63, 3.8) is 0 Å². The fraction of sp³-hybridized carbons (Fsp3) is 0.350. The molecule has 0 saturated carbocycles. The molecule has 2 heterocycles. The van der Waals surface area contributed by atoms with Gasteiger partial charge in [-0.25, -0.2) is 9.97 Å². The molecule has 1 aromatic carbocycles. The van der Waals surface area contributed by atoms with Gasteiger partial charge in [0.05, 0.1) is 17.0 Å². The molecular formula is C20H23N5S. The maximum Gasteiger partial charge on any atom is 0.141 e. The number of hydrogen-bond acceptors (Lipinski definition) is 6. The number of benzene rings is 1. The number of hydrogen-bond donors (Lipinski definition) is 0. The van der Waals surface area contributed by atoms with E-state index in [-0.39, 0.29) is 0 Å². The van der Waals surface area contributed by atoms with Crippen LogP contribution in [0.5, 0.6) is 0 Å². The Morgan fingerprint density at radius 1 is 1.15 bits per heavy atom. The minimum Gasteiger partial charge on any atom is -0.350 e. The Kier molecular flexibility index (Phi) is 5.50. The summed E-state index contributed by atoms with van der Waals surface area (Å²) in [4.78, 5) is 14.9. The quantitative estimate of drug-likeness (QED) is 0.666. The summed E-state index contributed by atoms with van der Waals surface area (Å²) < 4.78 is 0. The van der Waals surface area contributed by atoms with Crippen LogP contribution in [0.25, 0.3) is 10.2 Å². The summed E-state index contributed by atoms with van der Waals surface area (Å²) in [6.45, 7) is 6.54. The van der Waals surface area contributed by atoms with E-state index in [1.54, 1.807) is 11.3 Å². The molecule has 0 aliphatic rings. The van der Waals surface area contributed by atoms with Crippen LogP contribution in [0, 0.1) is 25.2 Å². The first-order chi connectivity index (χ1) is 12.5. The first kappa shape index (κ1) is 18.3. The van der Waals surface area contributed by atoms with Crippen molar-refractivity contribution in [2.24, 2.45) is 0 Å². The topological polar surface area (TPSA) is 56.1 Å². The van der Waals surface area contributed by atoms with Gasteiger partial charge in [0.15, 0.2) is 0 Å². The fourth-order valence-corrected chi connectivity index (χ4v) is 3.90. The average Bonchev–Trinajstić information content (AvgIpc) is 2.98. The van der Waals surface area contributed by atoms with E-state index in [4.69, 9.17) is 4.98 Å². The molecule has 2 aromatic heterocycles. The van der Waals surface area contributed by atoms with Crippen molar-refractivity contribution in [3.8, 4) is 6.07 Å². The summed E-state index contributed by atoms with van der Waals surface area (Å²) in [6.07, 6.45) is 0. The second-order valence-corrected chi connectivity index (χ2v) is 7.59. The van der Waals surface area contributed by atoms with Crippen molar-refractivity contribution in [1.29, 1.82) is 5.26 Å². The highest BCUT2D eigenvalue weighted by Crippen LogP contribution is 2.32. The summed E-state index contributed by atoms with van der Waals surface area (Å²) in [5, 5.41) is 12.5. The van der Waals surface area contributed by atoms with E-state index in [9.17, 15) is 5.26 Å². The normalized spacial score (nSPS) is 11.1. The predicted octanol–water partition coefficient (Wildman–Crippen LogP) is 3.75. The van der Waals surface area contributed by atoms with E-state index in [0.29, 0.717) is 12.1 Å². The Morgan fingerprint density at radius 2 is 1.96 bits per heavy atom. The predicted molar refractivity (Wildman–Crippen MR) is 108 cm³/mol. The molecule has 0 saturated heterocycles. The minimum atomic E-state index is 0.686. The van der Waals surface area contributed by atoms with Crippen LogP contribution in [0.15, 0.2) is 29.6 Å². The zero-order chi connectivity index (χ0) is 18.7. The molecule has 6 heteroatoms. The number of aromatic nitrogens is 2. The molecule has 0 unspecified atom stereocenters. The summed E-state index contributed by atoms with van der Waals surface area (Å²) >= 11 is 1.67. The third kappa shape index (κ3) is 4.01. The Hall–Kier alpha value is -2.49. The van der Waals surface area contributed by atoms with Gasteiger partial charge in [0.2, 0.25) is 0 Å². The lowest BCUT2D eigenvalue weighted by atomic mass is 10.1. The number of likely N-dealkylation sites (N-methyl/N-ethyl adjacent to an activating group) is 1. The lowest BCUT2D eigenvalue weighted by Crippen LogP contribution is -2.32. The molecule has 0 atom stereocenters. The largest absolute Gasteiger partial charge is 0.350 e. The molecule has 26 heavy (non-hydrogen) atoms. The second-order valence-electron chi connectivity index (χ2n) is 6.73. The molecule has 0 amide bonds. The highest BCUT2D eigenvalue weighted by Gasteiger charge is 2.17. The second kappa shape index (κ2) is 7.81. The zero-order valence-electron chi connectivity index (χ0n) is 15.7. The third-order valence-corrected chi connectivity index (χ3v) is 5.25. The van der Waals surface area contributed by atoms with E-state index in [1.807, 2.05) is 25.1 Å². The molecule has 0 radical (unpaired) electrons. The zero-order valence-corrected chi connectivity index (χ0v) is 16.5. The number of anilines is 1. The van der Waals surface area contributed by atoms with Gasteiger partial charge in [0, 0.05) is 19.6 Å². The smallest absolute Gasteiger partial charge is 0.141 e. The number of rotatable bonds is 6. The molecule has 134 valence electrons. The summed E-state index contributed by atoms with van der Waals surface area (Å²) in [6, 6.07) is 10.0. The summed E-state index contributed by atoms with van der Waals surface area (Å²) in [5.41, 5.74) is 3.01. The van der Waals surface area contributed by atoms with E-state index < -0.39 is 0 Å². The standard InChI is InChI=1S/C20H23N5S/c1-14-13-26-20-18(14)19(22-15(2)23-20)25(9-8-24(3)4)12-17-7-5-6-16(10-17)11-21/h5-7,10,13H,8-9,12H2,1-4H3. The Balaban J connectivity index is 2.03. The van der Waals surface area contributed by atoms with Gasteiger partial charge in [-0.3, -0.25) is 0 Å². The van der Waals surface area contributed by atoms with Gasteiger partial charge in [-0.05, 0) is 56.6 Å². The van der Waals surface area contributed by atoms with Gasteiger partial charge in [-0.2, -0.15) is 5.26 Å². The molecule has 5 nitrogen and oxygen atoms in total. The summed E-state index contributed by atoms with van der Waals surface area (Å²) in [7, 11) is 4.15. The fourth-order valence-electron chi connectivity index (χ4n) is 2.94. The Labute approximate surface area is 158 Å². The van der Waals surface area contributed by atoms with Crippen LogP contribution in [-0.2, 0) is 6.54 Å². The van der Waals surface area contributed by atoms with Crippen molar-refractivity contribution < 1.29 is 0 Å². The van der Waals surface area contributed by atoms with Gasteiger partial charge in [-0.15, -0.1) is 11.3 Å². The van der Waals surface area contributed by atoms with Crippen LogP contribution in [0.4, 0.5) is 5.82 Å². The lowest BCUT2D eigenvalue weighted by molar-refractivity contribution is 0.412. The van der Waals surface area contributed by atoms with Crippen molar-refractivity contribution in [3.05, 3.63) is 52.2 Å². The highest BCUT2D eigenvalue weighted by molar-refractivity contribution is 7.17. The van der Waals surface area contributed by atoms with Crippen molar-refractivity contribution in [1.82, 2.24) is 14.9 Å². The molecule has 0 aliphatic heterocycles. The van der Waals surface area contributed by atoms with E-state index in [1.165, 1.54) is 5.56 Å².